The van der Waals surface area contributed by atoms with Crippen LogP contribution in [0.2, 0.25) is 0 Å². The van der Waals surface area contributed by atoms with Crippen LogP contribution in [0.4, 0.5) is 0 Å². The van der Waals surface area contributed by atoms with Gasteiger partial charge in [-0.3, -0.25) is 0 Å². The first kappa shape index (κ1) is 7.61. The monoisotopic (exact) mass is 199 g/mol. The van der Waals surface area contributed by atoms with Crippen molar-refractivity contribution in [1.29, 1.82) is 0 Å². The molecule has 0 aliphatic carbocycles. The van der Waals surface area contributed by atoms with E-state index in [1.807, 2.05) is 6.08 Å². The van der Waals surface area contributed by atoms with Gasteiger partial charge in [-0.25, -0.2) is 0 Å². The van der Waals surface area contributed by atoms with E-state index < -0.39 is 0 Å². The van der Waals surface area contributed by atoms with Crippen molar-refractivity contribution >= 4 is 15.9 Å². The summed E-state index contributed by atoms with van der Waals surface area (Å²) in [4.78, 5) is 0. The Labute approximate surface area is 69.6 Å². The lowest BCUT2D eigenvalue weighted by atomic mass is 10.2. The average Bonchev–Trinajstić information content (AvgIpc) is 2.33. The highest BCUT2D eigenvalue weighted by molar-refractivity contribution is 9.11. The Morgan fingerprint density at radius 1 is 1.70 bits per heavy atom. The van der Waals surface area contributed by atoms with Crippen molar-refractivity contribution in [2.45, 2.75) is 6.42 Å². The minimum atomic E-state index is 0.965. The Morgan fingerprint density at radius 2 is 2.40 bits per heavy atom. The van der Waals surface area contributed by atoms with Crippen molar-refractivity contribution in [3.8, 4) is 0 Å². The van der Waals surface area contributed by atoms with Gasteiger partial charge in [-0.15, -0.1) is 0 Å². The van der Waals surface area contributed by atoms with Gasteiger partial charge in [-0.2, -0.15) is 0 Å². The molecule has 0 bridgehead atoms. The summed E-state index contributed by atoms with van der Waals surface area (Å²) in [5.74, 6) is 0. The predicted molar refractivity (Wildman–Crippen MR) is 47.9 cm³/mol. The summed E-state index contributed by atoms with van der Waals surface area (Å²) in [5.41, 5.74) is 2.36. The summed E-state index contributed by atoms with van der Waals surface area (Å²) in [6.45, 7) is 8.50. The van der Waals surface area contributed by atoms with Crippen LogP contribution in [0.1, 0.15) is 6.42 Å². The maximum atomic E-state index is 3.81. The first-order chi connectivity index (χ1) is 4.75. The molecule has 0 saturated carbocycles. The highest BCUT2D eigenvalue weighted by Gasteiger charge is 2.11. The molecule has 0 aromatic carbocycles. The van der Waals surface area contributed by atoms with Crippen molar-refractivity contribution in [3.63, 3.8) is 0 Å². The molecule has 1 heterocycles. The smallest absolute Gasteiger partial charge is 0.0378 e. The summed E-state index contributed by atoms with van der Waals surface area (Å²) in [6.07, 6.45) is 2.88. The van der Waals surface area contributed by atoms with Crippen molar-refractivity contribution in [2.75, 3.05) is 6.54 Å². The normalized spacial score (nSPS) is 16.9. The molecule has 0 unspecified atom stereocenters. The Bertz CT molecular complexity index is 203. The fraction of sp³-hybridized carbons (Fsp3) is 0.250. The minimum Gasteiger partial charge on any atom is -0.384 e. The average molecular weight is 200 g/mol. The summed E-state index contributed by atoms with van der Waals surface area (Å²) in [5, 5.41) is 3.21. The van der Waals surface area contributed by atoms with Gasteiger partial charge in [0, 0.05) is 16.7 Å². The van der Waals surface area contributed by atoms with E-state index in [2.05, 4.69) is 34.4 Å². The van der Waals surface area contributed by atoms with Gasteiger partial charge in [-0.1, -0.05) is 29.1 Å². The largest absolute Gasteiger partial charge is 0.384 e. The second-order valence-corrected chi connectivity index (χ2v) is 3.14. The molecule has 54 valence electrons. The van der Waals surface area contributed by atoms with E-state index in [9.17, 15) is 0 Å². The zero-order valence-corrected chi connectivity index (χ0v) is 7.37. The van der Waals surface area contributed by atoms with Crippen molar-refractivity contribution in [3.05, 3.63) is 35.0 Å². The standard InChI is InChI=1S/C8H10BrN/c1-3-8-7(6(2)9)4-5-10-8/h3,10H,1-2,4-5H2. The van der Waals surface area contributed by atoms with Crippen molar-refractivity contribution < 1.29 is 0 Å². The number of hydrogen-bond donors (Lipinski definition) is 1. The number of hydrogen-bond acceptors (Lipinski definition) is 1. The molecule has 0 radical (unpaired) electrons. The van der Waals surface area contributed by atoms with Crippen LogP contribution in [0.25, 0.3) is 0 Å². The van der Waals surface area contributed by atoms with Gasteiger partial charge in [0.25, 0.3) is 0 Å². The zero-order chi connectivity index (χ0) is 7.56. The van der Waals surface area contributed by atoms with Crippen LogP contribution >= 0.6 is 15.9 Å². The Balaban J connectivity index is 2.88. The van der Waals surface area contributed by atoms with Gasteiger partial charge >= 0.3 is 0 Å². The molecule has 0 saturated heterocycles. The quantitative estimate of drug-likeness (QED) is 0.721. The van der Waals surface area contributed by atoms with Crippen molar-refractivity contribution in [1.82, 2.24) is 5.32 Å². The zero-order valence-electron chi connectivity index (χ0n) is 5.78. The molecule has 1 nitrogen and oxygen atoms in total. The highest BCUT2D eigenvalue weighted by Crippen LogP contribution is 2.24. The summed E-state index contributed by atoms with van der Waals surface area (Å²) in [6, 6.07) is 0. The molecule has 0 amide bonds. The Kier molecular flexibility index (Phi) is 2.33. The lowest BCUT2D eigenvalue weighted by Crippen LogP contribution is -2.04. The van der Waals surface area contributed by atoms with Gasteiger partial charge in [0.15, 0.2) is 0 Å². The molecule has 0 atom stereocenters. The molecule has 0 aromatic heterocycles. The third-order valence-electron chi connectivity index (χ3n) is 1.55. The minimum absolute atomic E-state index is 0.965. The molecule has 1 aliphatic heterocycles. The lowest BCUT2D eigenvalue weighted by Gasteiger charge is -1.98. The molecular weight excluding hydrogens is 190 g/mol. The van der Waals surface area contributed by atoms with E-state index in [4.69, 9.17) is 0 Å². The van der Waals surface area contributed by atoms with Gasteiger partial charge in [-0.05, 0) is 18.1 Å². The van der Waals surface area contributed by atoms with Gasteiger partial charge in [0.05, 0.1) is 0 Å². The van der Waals surface area contributed by atoms with E-state index in [-0.39, 0.29) is 0 Å². The van der Waals surface area contributed by atoms with Crippen LogP contribution < -0.4 is 5.32 Å². The van der Waals surface area contributed by atoms with Crippen molar-refractivity contribution in [2.24, 2.45) is 0 Å². The number of rotatable bonds is 2. The number of halogens is 1. The molecule has 1 rings (SSSR count). The first-order valence-electron chi connectivity index (χ1n) is 3.20. The maximum absolute atomic E-state index is 3.81. The molecule has 0 fully saturated rings. The fourth-order valence-electron chi connectivity index (χ4n) is 1.04. The molecular formula is C8H10BrN. The van der Waals surface area contributed by atoms with Crippen LogP contribution in [-0.4, -0.2) is 6.54 Å². The van der Waals surface area contributed by atoms with Crippen LogP contribution in [0.3, 0.4) is 0 Å². The highest BCUT2D eigenvalue weighted by atomic mass is 79.9. The summed E-state index contributed by atoms with van der Waals surface area (Å²) < 4.78 is 0.965. The molecule has 10 heavy (non-hydrogen) atoms. The van der Waals surface area contributed by atoms with Crippen LogP contribution in [-0.2, 0) is 0 Å². The van der Waals surface area contributed by atoms with Gasteiger partial charge < -0.3 is 5.32 Å². The SMILES string of the molecule is C=CC1=C(C(=C)Br)CCN1. The van der Waals surface area contributed by atoms with E-state index in [1.165, 1.54) is 5.57 Å². The first-order valence-corrected chi connectivity index (χ1v) is 3.99. The molecule has 0 spiro atoms. The number of allylic oxidation sites excluding steroid dienone is 2. The summed E-state index contributed by atoms with van der Waals surface area (Å²) in [7, 11) is 0. The molecule has 0 aromatic rings. The lowest BCUT2D eigenvalue weighted by molar-refractivity contribution is 0.889. The Morgan fingerprint density at radius 3 is 2.80 bits per heavy atom. The molecule has 1 aliphatic rings. The third kappa shape index (κ3) is 1.32. The third-order valence-corrected chi connectivity index (χ3v) is 2.03. The summed E-state index contributed by atoms with van der Waals surface area (Å²) >= 11 is 3.34. The van der Waals surface area contributed by atoms with Crippen LogP contribution in [0.15, 0.2) is 35.0 Å². The second kappa shape index (κ2) is 3.06. The van der Waals surface area contributed by atoms with E-state index in [0.717, 1.165) is 23.1 Å². The molecule has 1 N–H and O–H groups in total. The van der Waals surface area contributed by atoms with Crippen LogP contribution in [0, 0.1) is 0 Å². The van der Waals surface area contributed by atoms with E-state index >= 15 is 0 Å². The van der Waals surface area contributed by atoms with Gasteiger partial charge in [0.1, 0.15) is 0 Å². The number of nitrogens with one attached hydrogen (secondary N) is 1. The fourth-order valence-corrected chi connectivity index (χ4v) is 1.45. The van der Waals surface area contributed by atoms with E-state index in [1.54, 1.807) is 0 Å². The van der Waals surface area contributed by atoms with Crippen LogP contribution in [0.5, 0.6) is 0 Å². The van der Waals surface area contributed by atoms with E-state index in [0.29, 0.717) is 0 Å². The predicted octanol–water partition coefficient (Wildman–Crippen LogP) is 2.33. The molecule has 2 heteroatoms. The second-order valence-electron chi connectivity index (χ2n) is 2.18. The maximum Gasteiger partial charge on any atom is 0.0378 e. The van der Waals surface area contributed by atoms with Gasteiger partial charge in [0.2, 0.25) is 0 Å². The topological polar surface area (TPSA) is 12.0 Å². The Hall–Kier alpha value is -0.500.